The van der Waals surface area contributed by atoms with Crippen molar-refractivity contribution < 1.29 is 14.3 Å². The van der Waals surface area contributed by atoms with Crippen LogP contribution >= 0.6 is 0 Å². The van der Waals surface area contributed by atoms with Crippen molar-refractivity contribution in [1.29, 1.82) is 15.8 Å². The number of amides is 2. The molecule has 1 saturated heterocycles. The second-order valence-electron chi connectivity index (χ2n) is 9.83. The van der Waals surface area contributed by atoms with Crippen LogP contribution in [-0.4, -0.2) is 41.9 Å². The molecule has 1 fully saturated rings. The molecular formula is C30H25N5O3. The fourth-order valence-corrected chi connectivity index (χ4v) is 5.53. The van der Waals surface area contributed by atoms with E-state index in [4.69, 9.17) is 4.74 Å². The summed E-state index contributed by atoms with van der Waals surface area (Å²) in [6, 6.07) is 18.1. The van der Waals surface area contributed by atoms with Gasteiger partial charge >= 0.3 is 0 Å². The van der Waals surface area contributed by atoms with E-state index in [1.807, 2.05) is 37.3 Å². The standard InChI is InChI=1S/C30H25N5O3/c1-30(11-4-14-35-26(36)9-10-27(35)37)28(25(19-33)29(38-30)23(17-31)18-32)22-6-5-21-16-24(8-7-20(21)15-22)34-12-2-3-13-34/h5-10,15-16H,2-4,11-14H2,1H3. The van der Waals surface area contributed by atoms with Crippen molar-refractivity contribution in [2.45, 2.75) is 38.2 Å². The maximum absolute atomic E-state index is 12.0. The van der Waals surface area contributed by atoms with Gasteiger partial charge in [-0.1, -0.05) is 18.2 Å². The molecule has 0 saturated carbocycles. The number of carbonyl (C=O) groups excluding carboxylic acids is 2. The molecule has 3 aliphatic rings. The van der Waals surface area contributed by atoms with Gasteiger partial charge in [-0.05, 0) is 67.1 Å². The Morgan fingerprint density at radius 2 is 1.63 bits per heavy atom. The highest BCUT2D eigenvalue weighted by atomic mass is 16.5. The first-order valence-electron chi connectivity index (χ1n) is 12.6. The third kappa shape index (κ3) is 4.29. The van der Waals surface area contributed by atoms with Crippen LogP contribution in [-0.2, 0) is 14.3 Å². The molecule has 0 aliphatic carbocycles. The smallest absolute Gasteiger partial charge is 0.253 e. The lowest BCUT2D eigenvalue weighted by Gasteiger charge is -2.29. The number of nitriles is 3. The molecule has 1 atom stereocenters. The minimum atomic E-state index is -1.05. The maximum Gasteiger partial charge on any atom is 0.253 e. The summed E-state index contributed by atoms with van der Waals surface area (Å²) in [7, 11) is 0. The lowest BCUT2D eigenvalue weighted by molar-refractivity contribution is -0.136. The fourth-order valence-electron chi connectivity index (χ4n) is 5.53. The van der Waals surface area contributed by atoms with Crippen LogP contribution in [0.15, 0.2) is 65.5 Å². The van der Waals surface area contributed by atoms with Gasteiger partial charge in [-0.2, -0.15) is 15.8 Å². The SMILES string of the molecule is CC1(CCCN2C(=O)C=CC2=O)OC(=C(C#N)C#N)C(C#N)=C1c1ccc2cc(N3CCCC3)ccc2c1. The zero-order chi connectivity index (χ0) is 26.9. The van der Waals surface area contributed by atoms with Gasteiger partial charge in [0.25, 0.3) is 11.8 Å². The molecule has 3 aliphatic heterocycles. The quantitative estimate of drug-likeness (QED) is 0.420. The number of benzene rings is 2. The van der Waals surface area contributed by atoms with E-state index in [0.717, 1.165) is 34.3 Å². The molecule has 5 rings (SSSR count). The molecule has 2 aromatic carbocycles. The second-order valence-corrected chi connectivity index (χ2v) is 9.83. The van der Waals surface area contributed by atoms with Crippen molar-refractivity contribution in [2.24, 2.45) is 0 Å². The molecule has 0 spiro atoms. The molecule has 38 heavy (non-hydrogen) atoms. The van der Waals surface area contributed by atoms with Crippen molar-refractivity contribution >= 4 is 33.8 Å². The predicted octanol–water partition coefficient (Wildman–Crippen LogP) is 4.51. The summed E-state index contributed by atoms with van der Waals surface area (Å²) < 4.78 is 6.21. The Morgan fingerprint density at radius 1 is 0.974 bits per heavy atom. The molecule has 0 N–H and O–H groups in total. The largest absolute Gasteiger partial charge is 0.479 e. The normalized spacial score (nSPS) is 20.6. The van der Waals surface area contributed by atoms with Crippen LogP contribution in [0.25, 0.3) is 16.3 Å². The monoisotopic (exact) mass is 503 g/mol. The van der Waals surface area contributed by atoms with Crippen molar-refractivity contribution in [3.8, 4) is 18.2 Å². The van der Waals surface area contributed by atoms with E-state index in [1.165, 1.54) is 30.7 Å². The molecule has 8 nitrogen and oxygen atoms in total. The second kappa shape index (κ2) is 9.88. The van der Waals surface area contributed by atoms with Crippen molar-refractivity contribution in [1.82, 2.24) is 4.90 Å². The van der Waals surface area contributed by atoms with Crippen LogP contribution in [0.3, 0.4) is 0 Å². The minimum absolute atomic E-state index is 0.0329. The van der Waals surface area contributed by atoms with Crippen LogP contribution < -0.4 is 4.90 Å². The molecule has 0 bridgehead atoms. The van der Waals surface area contributed by atoms with E-state index in [-0.39, 0.29) is 35.3 Å². The molecule has 0 aromatic heterocycles. The number of hydrogen-bond donors (Lipinski definition) is 0. The lowest BCUT2D eigenvalue weighted by atomic mass is 9.83. The molecule has 3 heterocycles. The Hall–Kier alpha value is -4.87. The number of nitrogens with zero attached hydrogens (tertiary/aromatic N) is 5. The average Bonchev–Trinajstić information content (AvgIpc) is 3.64. The third-order valence-corrected chi connectivity index (χ3v) is 7.42. The lowest BCUT2D eigenvalue weighted by Crippen LogP contribution is -2.33. The third-order valence-electron chi connectivity index (χ3n) is 7.42. The average molecular weight is 504 g/mol. The van der Waals surface area contributed by atoms with Crippen LogP contribution in [0.1, 0.15) is 38.2 Å². The van der Waals surface area contributed by atoms with Crippen molar-refractivity contribution in [3.63, 3.8) is 0 Å². The highest BCUT2D eigenvalue weighted by molar-refractivity contribution is 6.12. The van der Waals surface area contributed by atoms with Crippen molar-refractivity contribution in [2.75, 3.05) is 24.5 Å². The summed E-state index contributed by atoms with van der Waals surface area (Å²) in [5, 5.41) is 31.2. The van der Waals surface area contributed by atoms with Gasteiger partial charge in [0.15, 0.2) is 11.3 Å². The highest BCUT2D eigenvalue weighted by Gasteiger charge is 2.44. The number of anilines is 1. The molecule has 188 valence electrons. The summed E-state index contributed by atoms with van der Waals surface area (Å²) in [6.45, 7) is 4.11. The summed E-state index contributed by atoms with van der Waals surface area (Å²) in [5.74, 6) is -0.754. The molecule has 0 radical (unpaired) electrons. The number of carbonyl (C=O) groups is 2. The van der Waals surface area contributed by atoms with Gasteiger partial charge in [-0.15, -0.1) is 0 Å². The number of allylic oxidation sites excluding steroid dienone is 2. The molecular weight excluding hydrogens is 478 g/mol. The zero-order valence-corrected chi connectivity index (χ0v) is 21.0. The number of hydrogen-bond acceptors (Lipinski definition) is 7. The first-order valence-corrected chi connectivity index (χ1v) is 12.6. The van der Waals surface area contributed by atoms with E-state index in [9.17, 15) is 25.4 Å². The topological polar surface area (TPSA) is 121 Å². The summed E-state index contributed by atoms with van der Waals surface area (Å²) in [5.41, 5.74) is 1.35. The van der Waals surface area contributed by atoms with Gasteiger partial charge in [0.1, 0.15) is 29.4 Å². The first-order chi connectivity index (χ1) is 18.4. The van der Waals surface area contributed by atoms with E-state index in [1.54, 1.807) is 0 Å². The van der Waals surface area contributed by atoms with Gasteiger partial charge < -0.3 is 9.64 Å². The van der Waals surface area contributed by atoms with Crippen LogP contribution in [0.4, 0.5) is 5.69 Å². The summed E-state index contributed by atoms with van der Waals surface area (Å²) >= 11 is 0. The van der Waals surface area contributed by atoms with E-state index in [2.05, 4.69) is 29.2 Å². The Balaban J connectivity index is 1.53. The Morgan fingerprint density at radius 3 is 2.29 bits per heavy atom. The van der Waals surface area contributed by atoms with Crippen LogP contribution in [0.2, 0.25) is 0 Å². The number of fused-ring (bicyclic) bond motifs is 1. The Bertz CT molecular complexity index is 1540. The Kier molecular flexibility index (Phi) is 6.45. The number of ether oxygens (including phenoxy) is 1. The van der Waals surface area contributed by atoms with E-state index < -0.39 is 5.60 Å². The molecule has 2 amide bonds. The summed E-state index contributed by atoms with van der Waals surface area (Å²) in [6.07, 6.45) is 5.64. The maximum atomic E-state index is 12.0. The minimum Gasteiger partial charge on any atom is -0.479 e. The van der Waals surface area contributed by atoms with E-state index in [0.29, 0.717) is 18.4 Å². The van der Waals surface area contributed by atoms with Crippen LogP contribution in [0, 0.1) is 34.0 Å². The Labute approximate surface area is 220 Å². The van der Waals surface area contributed by atoms with Gasteiger partial charge in [0.2, 0.25) is 0 Å². The highest BCUT2D eigenvalue weighted by Crippen LogP contribution is 2.48. The zero-order valence-electron chi connectivity index (χ0n) is 21.0. The fraction of sp³-hybridized carbons (Fsp3) is 0.300. The molecule has 1 unspecified atom stereocenters. The van der Waals surface area contributed by atoms with Gasteiger partial charge in [0, 0.05) is 43.0 Å². The first kappa shape index (κ1) is 24.8. The number of rotatable bonds is 6. The molecule has 8 heteroatoms. The van der Waals surface area contributed by atoms with E-state index >= 15 is 0 Å². The van der Waals surface area contributed by atoms with Crippen LogP contribution in [0.5, 0.6) is 0 Å². The number of imide groups is 1. The molecule has 2 aromatic rings. The van der Waals surface area contributed by atoms with Crippen molar-refractivity contribution in [3.05, 3.63) is 71.0 Å². The van der Waals surface area contributed by atoms with Gasteiger partial charge in [0.05, 0.1) is 0 Å². The summed E-state index contributed by atoms with van der Waals surface area (Å²) in [4.78, 5) is 27.5. The predicted molar refractivity (Wildman–Crippen MR) is 141 cm³/mol. The van der Waals surface area contributed by atoms with Gasteiger partial charge in [-0.3, -0.25) is 14.5 Å². The van der Waals surface area contributed by atoms with Gasteiger partial charge in [-0.25, -0.2) is 0 Å².